The number of benzene rings is 3. The number of para-hydroxylation sites is 1. The quantitative estimate of drug-likeness (QED) is 0.518. The molecule has 2 aliphatic rings. The maximum Gasteiger partial charge on any atom is 0.255 e. The number of hydrogen-bond acceptors (Lipinski definition) is 4. The summed E-state index contributed by atoms with van der Waals surface area (Å²) in [6.45, 7) is 4.44. The van der Waals surface area contributed by atoms with E-state index in [0.717, 1.165) is 24.0 Å². The first kappa shape index (κ1) is 23.0. The average molecular weight is 471 g/mol. The Balaban J connectivity index is 1.30. The van der Waals surface area contributed by atoms with Gasteiger partial charge in [-0.2, -0.15) is 0 Å². The molecular weight excluding hydrogens is 440 g/mol. The molecule has 0 spiro atoms. The van der Waals surface area contributed by atoms with Crippen LogP contribution in [0.25, 0.3) is 11.1 Å². The molecule has 1 fully saturated rings. The normalized spacial score (nSPS) is 14.3. The number of fused-ring (bicyclic) bond motifs is 1. The molecule has 6 nitrogen and oxygen atoms in total. The van der Waals surface area contributed by atoms with Crippen LogP contribution in [0.3, 0.4) is 0 Å². The lowest BCUT2D eigenvalue weighted by Gasteiger charge is -2.25. The molecule has 0 radical (unpaired) electrons. The van der Waals surface area contributed by atoms with Crippen molar-refractivity contribution in [2.75, 3.05) is 32.8 Å². The van der Waals surface area contributed by atoms with Crippen molar-refractivity contribution in [2.24, 2.45) is 5.92 Å². The van der Waals surface area contributed by atoms with Gasteiger partial charge in [-0.3, -0.25) is 9.59 Å². The summed E-state index contributed by atoms with van der Waals surface area (Å²) in [5, 5.41) is 2.96. The smallest absolute Gasteiger partial charge is 0.255 e. The summed E-state index contributed by atoms with van der Waals surface area (Å²) in [7, 11) is 0. The third kappa shape index (κ3) is 5.32. The highest BCUT2D eigenvalue weighted by molar-refractivity contribution is 6.01. The minimum absolute atomic E-state index is 0.00357. The first-order valence-electron chi connectivity index (χ1n) is 12.2. The molecule has 0 atom stereocenters. The zero-order chi connectivity index (χ0) is 24.2. The van der Waals surface area contributed by atoms with E-state index >= 15 is 0 Å². The number of carbonyl (C=O) groups excluding carboxylic acids is 2. The number of aryl methyl sites for hydroxylation is 1. The molecule has 3 aromatic carbocycles. The van der Waals surface area contributed by atoms with Crippen molar-refractivity contribution in [3.63, 3.8) is 0 Å². The molecule has 1 aliphatic heterocycles. The van der Waals surface area contributed by atoms with E-state index < -0.39 is 0 Å². The third-order valence-electron chi connectivity index (χ3n) is 6.46. The fourth-order valence-corrected chi connectivity index (χ4v) is 4.36. The maximum absolute atomic E-state index is 13.7. The van der Waals surface area contributed by atoms with Crippen LogP contribution in [0.1, 0.15) is 39.1 Å². The Kier molecular flexibility index (Phi) is 6.70. The van der Waals surface area contributed by atoms with Gasteiger partial charge in [0.15, 0.2) is 11.5 Å². The highest BCUT2D eigenvalue weighted by Crippen LogP contribution is 2.34. The Morgan fingerprint density at radius 3 is 2.46 bits per heavy atom. The van der Waals surface area contributed by atoms with Crippen LogP contribution >= 0.6 is 0 Å². The molecule has 0 aromatic heterocycles. The van der Waals surface area contributed by atoms with Crippen molar-refractivity contribution in [3.05, 3.63) is 83.4 Å². The minimum Gasteiger partial charge on any atom is -0.486 e. The molecule has 3 aromatic rings. The number of hydrogen-bond donors (Lipinski definition) is 1. The lowest BCUT2D eigenvalue weighted by atomic mass is 9.98. The minimum atomic E-state index is -0.230. The zero-order valence-corrected chi connectivity index (χ0v) is 20.0. The van der Waals surface area contributed by atoms with Gasteiger partial charge < -0.3 is 19.7 Å². The highest BCUT2D eigenvalue weighted by atomic mass is 16.6. The van der Waals surface area contributed by atoms with E-state index in [1.807, 2.05) is 29.2 Å². The van der Waals surface area contributed by atoms with Crippen LogP contribution in [-0.4, -0.2) is 49.6 Å². The molecule has 1 saturated carbocycles. The van der Waals surface area contributed by atoms with Crippen molar-refractivity contribution in [2.45, 2.75) is 19.8 Å². The van der Waals surface area contributed by atoms with Gasteiger partial charge in [0.2, 0.25) is 0 Å². The van der Waals surface area contributed by atoms with Crippen molar-refractivity contribution in [1.82, 2.24) is 10.2 Å². The van der Waals surface area contributed by atoms with E-state index in [2.05, 4.69) is 36.5 Å². The number of rotatable bonds is 8. The van der Waals surface area contributed by atoms with Gasteiger partial charge in [-0.15, -0.1) is 0 Å². The van der Waals surface area contributed by atoms with Gasteiger partial charge in [0.25, 0.3) is 11.8 Å². The van der Waals surface area contributed by atoms with Gasteiger partial charge in [-0.25, -0.2) is 0 Å². The fourth-order valence-electron chi connectivity index (χ4n) is 4.36. The van der Waals surface area contributed by atoms with Gasteiger partial charge in [-0.05, 0) is 55.0 Å². The van der Waals surface area contributed by atoms with Crippen LogP contribution in [0, 0.1) is 12.8 Å². The summed E-state index contributed by atoms with van der Waals surface area (Å²) in [6, 6.07) is 21.3. The number of nitrogens with one attached hydrogen (secondary N) is 1. The second-order valence-corrected chi connectivity index (χ2v) is 9.19. The molecule has 1 aliphatic carbocycles. The Morgan fingerprint density at radius 2 is 1.66 bits per heavy atom. The summed E-state index contributed by atoms with van der Waals surface area (Å²) in [4.78, 5) is 28.5. The van der Waals surface area contributed by atoms with Gasteiger partial charge in [0.1, 0.15) is 13.2 Å². The largest absolute Gasteiger partial charge is 0.486 e. The Labute approximate surface area is 205 Å². The lowest BCUT2D eigenvalue weighted by Crippen LogP contribution is -2.40. The number of ether oxygens (including phenoxy) is 2. The predicted octanol–water partition coefficient (Wildman–Crippen LogP) is 4.72. The van der Waals surface area contributed by atoms with Crippen LogP contribution < -0.4 is 14.8 Å². The standard InChI is InChI=1S/C29H30N2O4/c1-20-9-13-22(14-10-20)23-5-2-3-6-24(23)29(33)31(19-21-11-12-21)16-15-30-28(32)25-7-4-8-26-27(25)35-18-17-34-26/h2-10,13-14,21H,11-12,15-19H2,1H3,(H,30,32). The average Bonchev–Trinajstić information content (AvgIpc) is 3.72. The summed E-state index contributed by atoms with van der Waals surface area (Å²) in [5.41, 5.74) is 4.27. The van der Waals surface area contributed by atoms with E-state index in [4.69, 9.17) is 9.47 Å². The monoisotopic (exact) mass is 470 g/mol. The van der Waals surface area contributed by atoms with Crippen LogP contribution in [0.15, 0.2) is 66.7 Å². The molecule has 35 heavy (non-hydrogen) atoms. The molecule has 0 saturated heterocycles. The SMILES string of the molecule is Cc1ccc(-c2ccccc2C(=O)N(CCNC(=O)c2cccc3c2OCCO3)CC2CC2)cc1. The fraction of sp³-hybridized carbons (Fsp3) is 0.310. The van der Waals surface area contributed by atoms with Crippen molar-refractivity contribution >= 4 is 11.8 Å². The molecule has 1 N–H and O–H groups in total. The third-order valence-corrected chi connectivity index (χ3v) is 6.46. The van der Waals surface area contributed by atoms with Crippen LogP contribution in [0.4, 0.5) is 0 Å². The van der Waals surface area contributed by atoms with Crippen molar-refractivity contribution < 1.29 is 19.1 Å². The zero-order valence-electron chi connectivity index (χ0n) is 20.0. The topological polar surface area (TPSA) is 67.9 Å². The second-order valence-electron chi connectivity index (χ2n) is 9.19. The molecular formula is C29H30N2O4. The molecule has 2 amide bonds. The van der Waals surface area contributed by atoms with E-state index in [1.165, 1.54) is 5.56 Å². The predicted molar refractivity (Wildman–Crippen MR) is 135 cm³/mol. The van der Waals surface area contributed by atoms with E-state index in [-0.39, 0.29) is 11.8 Å². The summed E-state index contributed by atoms with van der Waals surface area (Å²) in [6.07, 6.45) is 2.28. The molecule has 0 unspecified atom stereocenters. The molecule has 180 valence electrons. The van der Waals surface area contributed by atoms with E-state index in [9.17, 15) is 9.59 Å². The van der Waals surface area contributed by atoms with Crippen LogP contribution in [0.5, 0.6) is 11.5 Å². The van der Waals surface area contributed by atoms with E-state index in [0.29, 0.717) is 61.4 Å². The van der Waals surface area contributed by atoms with Gasteiger partial charge in [0.05, 0.1) is 5.56 Å². The van der Waals surface area contributed by atoms with Gasteiger partial charge >= 0.3 is 0 Å². The molecule has 6 heteroatoms. The molecule has 5 rings (SSSR count). The number of amides is 2. The first-order chi connectivity index (χ1) is 17.1. The van der Waals surface area contributed by atoms with E-state index in [1.54, 1.807) is 18.2 Å². The molecule has 1 heterocycles. The lowest BCUT2D eigenvalue weighted by molar-refractivity contribution is 0.0741. The number of carbonyl (C=O) groups is 2. The van der Waals surface area contributed by atoms with Crippen molar-refractivity contribution in [3.8, 4) is 22.6 Å². The highest BCUT2D eigenvalue weighted by Gasteiger charge is 2.28. The number of nitrogens with zero attached hydrogens (tertiary/aromatic N) is 1. The summed E-state index contributed by atoms with van der Waals surface area (Å²) in [5.74, 6) is 1.37. The second kappa shape index (κ2) is 10.2. The van der Waals surface area contributed by atoms with Crippen molar-refractivity contribution in [1.29, 1.82) is 0 Å². The maximum atomic E-state index is 13.7. The van der Waals surface area contributed by atoms with Gasteiger partial charge in [0, 0.05) is 25.2 Å². The van der Waals surface area contributed by atoms with Gasteiger partial charge in [-0.1, -0.05) is 54.1 Å². The summed E-state index contributed by atoms with van der Waals surface area (Å²) >= 11 is 0. The summed E-state index contributed by atoms with van der Waals surface area (Å²) < 4.78 is 11.3. The molecule has 0 bridgehead atoms. The first-order valence-corrected chi connectivity index (χ1v) is 12.2. The van der Waals surface area contributed by atoms with Crippen LogP contribution in [0.2, 0.25) is 0 Å². The van der Waals surface area contributed by atoms with Crippen LogP contribution in [-0.2, 0) is 0 Å². The Morgan fingerprint density at radius 1 is 0.914 bits per heavy atom. The Bertz CT molecular complexity index is 1220. The Hall–Kier alpha value is -3.80.